The number of nitrogens with zero attached hydrogens (tertiary/aromatic N) is 1. The van der Waals surface area contributed by atoms with Crippen LogP contribution in [0, 0.1) is 11.3 Å². The van der Waals surface area contributed by atoms with Gasteiger partial charge >= 0.3 is 0 Å². The second-order valence-corrected chi connectivity index (χ2v) is 6.95. The highest BCUT2D eigenvalue weighted by Crippen LogP contribution is 2.37. The van der Waals surface area contributed by atoms with E-state index in [1.54, 1.807) is 0 Å². The first kappa shape index (κ1) is 13.1. The summed E-state index contributed by atoms with van der Waals surface area (Å²) >= 11 is 0. The van der Waals surface area contributed by atoms with Gasteiger partial charge in [0.15, 0.2) is 0 Å². The lowest BCUT2D eigenvalue weighted by molar-refractivity contribution is 0.0382. The number of nitrogens with one attached hydrogen (secondary N) is 1. The lowest BCUT2D eigenvalue weighted by atomic mass is 9.68. The minimum absolute atomic E-state index is 0.520. The number of hydrogen-bond donors (Lipinski definition) is 1. The Morgan fingerprint density at radius 3 is 2.37 bits per heavy atom. The average Bonchev–Trinajstić information content (AvgIpc) is 2.41. The zero-order valence-corrected chi connectivity index (χ0v) is 12.2. The second kappa shape index (κ2) is 5.26. The first-order chi connectivity index (χ1) is 9.15. The van der Waals surface area contributed by atoms with Gasteiger partial charge in [-0.3, -0.25) is 4.90 Å². The van der Waals surface area contributed by atoms with Gasteiger partial charge in [0.1, 0.15) is 0 Å². The van der Waals surface area contributed by atoms with Gasteiger partial charge in [-0.1, -0.05) is 44.2 Å². The van der Waals surface area contributed by atoms with Crippen molar-refractivity contribution in [2.24, 2.45) is 11.3 Å². The zero-order chi connectivity index (χ0) is 13.3. The molecule has 0 aromatic heterocycles. The molecule has 1 N–H and O–H groups in total. The van der Waals surface area contributed by atoms with E-state index in [4.69, 9.17) is 0 Å². The maximum Gasteiger partial charge on any atom is 0.0233 e. The van der Waals surface area contributed by atoms with E-state index in [1.807, 2.05) is 0 Å². The zero-order valence-electron chi connectivity index (χ0n) is 12.2. The Morgan fingerprint density at radius 2 is 1.84 bits per heavy atom. The van der Waals surface area contributed by atoms with E-state index in [0.717, 1.165) is 18.5 Å². The summed E-state index contributed by atoms with van der Waals surface area (Å²) in [5, 5.41) is 3.65. The molecule has 2 aliphatic heterocycles. The molecule has 1 atom stereocenters. The summed E-state index contributed by atoms with van der Waals surface area (Å²) in [6, 6.07) is 11.6. The fourth-order valence-corrected chi connectivity index (χ4v) is 3.72. The van der Waals surface area contributed by atoms with Gasteiger partial charge in [0.05, 0.1) is 0 Å². The molecule has 104 valence electrons. The van der Waals surface area contributed by atoms with E-state index in [0.29, 0.717) is 5.41 Å². The highest BCUT2D eigenvalue weighted by atomic mass is 15.1. The molecule has 2 nitrogen and oxygen atoms in total. The summed E-state index contributed by atoms with van der Waals surface area (Å²) in [6.45, 7) is 9.65. The van der Waals surface area contributed by atoms with Crippen molar-refractivity contribution in [2.75, 3.05) is 19.6 Å². The Hall–Kier alpha value is -0.860. The fourth-order valence-electron chi connectivity index (χ4n) is 3.72. The normalized spacial score (nSPS) is 28.0. The Bertz CT molecular complexity index is 405. The van der Waals surface area contributed by atoms with Crippen LogP contribution >= 0.6 is 0 Å². The molecule has 0 aliphatic carbocycles. The average molecular weight is 258 g/mol. The van der Waals surface area contributed by atoms with Crippen LogP contribution in [0.3, 0.4) is 0 Å². The monoisotopic (exact) mass is 258 g/mol. The first-order valence-electron chi connectivity index (χ1n) is 7.65. The van der Waals surface area contributed by atoms with Gasteiger partial charge in [0.25, 0.3) is 0 Å². The highest BCUT2D eigenvalue weighted by Gasteiger charge is 2.43. The van der Waals surface area contributed by atoms with Gasteiger partial charge in [-0.25, -0.2) is 0 Å². The summed E-state index contributed by atoms with van der Waals surface area (Å²) in [5.74, 6) is 0.885. The third kappa shape index (κ3) is 2.85. The van der Waals surface area contributed by atoms with Crippen LogP contribution in [0.5, 0.6) is 0 Å². The van der Waals surface area contributed by atoms with Crippen LogP contribution in [0.4, 0.5) is 0 Å². The van der Waals surface area contributed by atoms with Crippen molar-refractivity contribution in [3.8, 4) is 0 Å². The van der Waals surface area contributed by atoms with E-state index in [2.05, 4.69) is 54.4 Å². The molecule has 0 spiro atoms. The number of benzene rings is 1. The summed E-state index contributed by atoms with van der Waals surface area (Å²) in [6.07, 6.45) is 2.71. The van der Waals surface area contributed by atoms with Crippen molar-refractivity contribution >= 4 is 0 Å². The molecular formula is C17H26N2. The molecule has 2 saturated heterocycles. The van der Waals surface area contributed by atoms with Gasteiger partial charge < -0.3 is 5.32 Å². The van der Waals surface area contributed by atoms with E-state index in [1.165, 1.54) is 38.0 Å². The third-order valence-corrected chi connectivity index (χ3v) is 4.97. The summed E-state index contributed by atoms with van der Waals surface area (Å²) in [7, 11) is 0. The first-order valence-corrected chi connectivity index (χ1v) is 7.65. The Labute approximate surface area is 117 Å². The van der Waals surface area contributed by atoms with Crippen LogP contribution in [0.2, 0.25) is 0 Å². The number of hydrogen-bond acceptors (Lipinski definition) is 2. The second-order valence-electron chi connectivity index (χ2n) is 6.95. The van der Waals surface area contributed by atoms with Gasteiger partial charge in [0, 0.05) is 19.1 Å². The fraction of sp³-hybridized carbons (Fsp3) is 0.647. The minimum Gasteiger partial charge on any atom is -0.313 e. The van der Waals surface area contributed by atoms with Crippen LogP contribution in [0.1, 0.15) is 32.3 Å². The van der Waals surface area contributed by atoms with Crippen LogP contribution in [0.25, 0.3) is 0 Å². The quantitative estimate of drug-likeness (QED) is 0.897. The number of piperidine rings is 1. The number of likely N-dealkylation sites (tertiary alicyclic amines) is 1. The van der Waals surface area contributed by atoms with Crippen LogP contribution in [-0.2, 0) is 6.54 Å². The maximum atomic E-state index is 3.65. The summed E-state index contributed by atoms with van der Waals surface area (Å²) in [5.41, 5.74) is 1.97. The molecule has 0 radical (unpaired) electrons. The lowest BCUT2D eigenvalue weighted by Crippen LogP contribution is -2.63. The van der Waals surface area contributed by atoms with Gasteiger partial charge in [-0.2, -0.15) is 0 Å². The van der Waals surface area contributed by atoms with Crippen molar-refractivity contribution < 1.29 is 0 Å². The molecule has 0 saturated carbocycles. The van der Waals surface area contributed by atoms with Crippen LogP contribution in [-0.4, -0.2) is 30.6 Å². The molecular weight excluding hydrogens is 232 g/mol. The molecule has 19 heavy (non-hydrogen) atoms. The maximum absolute atomic E-state index is 3.65. The summed E-state index contributed by atoms with van der Waals surface area (Å²) in [4.78, 5) is 2.61. The summed E-state index contributed by atoms with van der Waals surface area (Å²) < 4.78 is 0. The van der Waals surface area contributed by atoms with Gasteiger partial charge in [0.2, 0.25) is 0 Å². The SMILES string of the molecule is CC1(C)CNC1C1CCN(Cc2ccccc2)CC1. The predicted octanol–water partition coefficient (Wildman–Crippen LogP) is 2.90. The van der Waals surface area contributed by atoms with Crippen molar-refractivity contribution in [3.05, 3.63) is 35.9 Å². The minimum atomic E-state index is 0.520. The Morgan fingerprint density at radius 1 is 1.16 bits per heavy atom. The van der Waals surface area contributed by atoms with E-state index in [9.17, 15) is 0 Å². The van der Waals surface area contributed by atoms with Crippen LogP contribution in [0.15, 0.2) is 30.3 Å². The molecule has 1 unspecified atom stereocenters. The van der Waals surface area contributed by atoms with E-state index >= 15 is 0 Å². The number of rotatable bonds is 3. The molecule has 0 amide bonds. The van der Waals surface area contributed by atoms with Gasteiger partial charge in [-0.15, -0.1) is 0 Å². The van der Waals surface area contributed by atoms with E-state index in [-0.39, 0.29) is 0 Å². The van der Waals surface area contributed by atoms with Crippen molar-refractivity contribution in [1.82, 2.24) is 10.2 Å². The standard InChI is InChI=1S/C17H26N2/c1-17(2)13-18-16(17)15-8-10-19(11-9-15)12-14-6-4-3-5-7-14/h3-7,15-16,18H,8-13H2,1-2H3. The molecule has 2 fully saturated rings. The predicted molar refractivity (Wildman–Crippen MR) is 80.0 cm³/mol. The molecule has 0 bridgehead atoms. The largest absolute Gasteiger partial charge is 0.313 e. The smallest absolute Gasteiger partial charge is 0.0233 e. The molecule has 2 heteroatoms. The highest BCUT2D eigenvalue weighted by molar-refractivity contribution is 5.14. The van der Waals surface area contributed by atoms with E-state index < -0.39 is 0 Å². The topological polar surface area (TPSA) is 15.3 Å². The molecule has 2 heterocycles. The molecule has 3 rings (SSSR count). The lowest BCUT2D eigenvalue weighted by Gasteiger charge is -2.51. The molecule has 1 aromatic rings. The van der Waals surface area contributed by atoms with Crippen molar-refractivity contribution in [3.63, 3.8) is 0 Å². The van der Waals surface area contributed by atoms with Crippen molar-refractivity contribution in [1.29, 1.82) is 0 Å². The van der Waals surface area contributed by atoms with Crippen molar-refractivity contribution in [2.45, 2.75) is 39.3 Å². The molecule has 2 aliphatic rings. The Balaban J connectivity index is 1.50. The Kier molecular flexibility index (Phi) is 3.64. The third-order valence-electron chi connectivity index (χ3n) is 4.97. The molecule has 1 aromatic carbocycles. The van der Waals surface area contributed by atoms with Crippen LogP contribution < -0.4 is 5.32 Å². The van der Waals surface area contributed by atoms with Gasteiger partial charge in [-0.05, 0) is 42.8 Å².